The van der Waals surface area contributed by atoms with E-state index in [1.807, 2.05) is 29.2 Å². The topological polar surface area (TPSA) is 61.5 Å². The van der Waals surface area contributed by atoms with Gasteiger partial charge >= 0.3 is 0 Å². The summed E-state index contributed by atoms with van der Waals surface area (Å²) in [5, 5.41) is 24.8. The van der Waals surface area contributed by atoms with Gasteiger partial charge in [0, 0.05) is 24.7 Å². The molecule has 2 aromatic rings. The Hall–Kier alpha value is -2.53. The fourth-order valence-corrected chi connectivity index (χ4v) is 2.94. The Bertz CT molecular complexity index is 775. The maximum Gasteiger partial charge on any atom is 0.180 e. The lowest BCUT2D eigenvalue weighted by Crippen LogP contribution is -2.29. The van der Waals surface area contributed by atoms with Gasteiger partial charge in [0.25, 0.3) is 0 Å². The van der Waals surface area contributed by atoms with Gasteiger partial charge in [-0.3, -0.25) is 0 Å². The maximum atomic E-state index is 10.5. The molecule has 1 unspecified atom stereocenters. The summed E-state index contributed by atoms with van der Waals surface area (Å²) in [6, 6.07) is 12.1. The van der Waals surface area contributed by atoms with Crippen LogP contribution in [-0.4, -0.2) is 20.0 Å². The standard InChI is InChI=1S/C18H19N3O2/c1-12(22)15-11-20(10-13-5-3-2-4-6-13)17-9-16(14-7-8-14)19-21(17)18(15)23/h2-6,9,11,14,18,22-23H,1,7-8,10H2. The summed E-state index contributed by atoms with van der Waals surface area (Å²) in [7, 11) is 0. The first-order valence-corrected chi connectivity index (χ1v) is 7.81. The second-order valence-electron chi connectivity index (χ2n) is 6.16. The van der Waals surface area contributed by atoms with Gasteiger partial charge in [-0.05, 0) is 18.4 Å². The molecule has 1 aliphatic heterocycles. The Morgan fingerprint density at radius 2 is 2.00 bits per heavy atom. The van der Waals surface area contributed by atoms with E-state index < -0.39 is 6.23 Å². The van der Waals surface area contributed by atoms with Crippen LogP contribution in [0.3, 0.4) is 0 Å². The third kappa shape index (κ3) is 2.53. The van der Waals surface area contributed by atoms with Crippen molar-refractivity contribution in [2.45, 2.75) is 31.5 Å². The number of anilines is 1. The number of nitrogens with zero attached hydrogens (tertiary/aromatic N) is 3. The first kappa shape index (κ1) is 14.1. The molecule has 0 spiro atoms. The number of rotatable bonds is 4. The molecule has 1 aromatic carbocycles. The summed E-state index contributed by atoms with van der Waals surface area (Å²) in [6.07, 6.45) is 3.06. The van der Waals surface area contributed by atoms with Crippen molar-refractivity contribution in [3.05, 3.63) is 71.8 Å². The van der Waals surface area contributed by atoms with E-state index in [1.165, 1.54) is 0 Å². The van der Waals surface area contributed by atoms with Crippen LogP contribution in [0.25, 0.3) is 0 Å². The van der Waals surface area contributed by atoms with E-state index in [4.69, 9.17) is 0 Å². The Kier molecular flexibility index (Phi) is 3.23. The van der Waals surface area contributed by atoms with Gasteiger partial charge in [-0.15, -0.1) is 0 Å². The van der Waals surface area contributed by atoms with Gasteiger partial charge in [-0.25, -0.2) is 4.68 Å². The average Bonchev–Trinajstić information content (AvgIpc) is 3.29. The van der Waals surface area contributed by atoms with Crippen LogP contribution in [0.4, 0.5) is 5.82 Å². The van der Waals surface area contributed by atoms with E-state index >= 15 is 0 Å². The molecule has 118 valence electrons. The fraction of sp³-hybridized carbons (Fsp3) is 0.278. The van der Waals surface area contributed by atoms with Gasteiger partial charge in [-0.1, -0.05) is 36.9 Å². The maximum absolute atomic E-state index is 10.5. The molecular weight excluding hydrogens is 290 g/mol. The molecule has 1 fully saturated rings. The normalized spacial score (nSPS) is 20.1. The van der Waals surface area contributed by atoms with Crippen molar-refractivity contribution in [2.24, 2.45) is 0 Å². The Balaban J connectivity index is 1.74. The Morgan fingerprint density at radius 1 is 1.26 bits per heavy atom. The zero-order valence-corrected chi connectivity index (χ0v) is 12.8. The highest BCUT2D eigenvalue weighted by Gasteiger charge is 2.33. The van der Waals surface area contributed by atoms with E-state index in [0.29, 0.717) is 18.0 Å². The average molecular weight is 309 g/mol. The van der Waals surface area contributed by atoms with Gasteiger partial charge in [0.15, 0.2) is 6.23 Å². The van der Waals surface area contributed by atoms with Crippen LogP contribution < -0.4 is 4.90 Å². The number of aromatic nitrogens is 2. The zero-order chi connectivity index (χ0) is 16.0. The van der Waals surface area contributed by atoms with Crippen molar-refractivity contribution in [3.8, 4) is 0 Å². The summed E-state index contributed by atoms with van der Waals surface area (Å²) >= 11 is 0. The monoisotopic (exact) mass is 309 g/mol. The van der Waals surface area contributed by atoms with Crippen molar-refractivity contribution in [2.75, 3.05) is 4.90 Å². The quantitative estimate of drug-likeness (QED) is 0.851. The molecule has 2 heterocycles. The third-order valence-electron chi connectivity index (χ3n) is 4.36. The molecule has 1 saturated carbocycles. The van der Waals surface area contributed by atoms with Crippen LogP contribution in [0.15, 0.2) is 60.5 Å². The second kappa shape index (κ2) is 5.28. The van der Waals surface area contributed by atoms with E-state index in [1.54, 1.807) is 10.9 Å². The summed E-state index contributed by atoms with van der Waals surface area (Å²) < 4.78 is 1.58. The molecule has 5 heteroatoms. The first-order chi connectivity index (χ1) is 11.1. The highest BCUT2D eigenvalue weighted by molar-refractivity contribution is 5.52. The third-order valence-corrected chi connectivity index (χ3v) is 4.36. The van der Waals surface area contributed by atoms with E-state index in [0.717, 1.165) is 29.9 Å². The molecule has 1 aromatic heterocycles. The first-order valence-electron chi connectivity index (χ1n) is 7.81. The van der Waals surface area contributed by atoms with Crippen LogP contribution in [0.1, 0.15) is 36.2 Å². The van der Waals surface area contributed by atoms with E-state index in [-0.39, 0.29) is 5.76 Å². The van der Waals surface area contributed by atoms with Gasteiger partial charge in [-0.2, -0.15) is 5.10 Å². The fourth-order valence-electron chi connectivity index (χ4n) is 2.94. The van der Waals surface area contributed by atoms with Crippen molar-refractivity contribution < 1.29 is 10.2 Å². The Morgan fingerprint density at radius 3 is 2.65 bits per heavy atom. The minimum atomic E-state index is -0.998. The number of aliphatic hydroxyl groups excluding tert-OH is 2. The molecule has 4 rings (SSSR count). The lowest BCUT2D eigenvalue weighted by Gasteiger charge is -2.30. The molecule has 1 aliphatic carbocycles. The molecule has 2 aliphatic rings. The van der Waals surface area contributed by atoms with Gasteiger partial charge in [0.05, 0.1) is 11.3 Å². The number of hydrogen-bond donors (Lipinski definition) is 2. The molecule has 0 saturated heterocycles. The summed E-state index contributed by atoms with van der Waals surface area (Å²) in [5.74, 6) is 1.21. The molecule has 0 radical (unpaired) electrons. The van der Waals surface area contributed by atoms with E-state index in [2.05, 4.69) is 23.8 Å². The minimum Gasteiger partial charge on any atom is -0.508 e. The highest BCUT2D eigenvalue weighted by Crippen LogP contribution is 2.42. The van der Waals surface area contributed by atoms with Crippen molar-refractivity contribution in [1.82, 2.24) is 9.78 Å². The van der Waals surface area contributed by atoms with Crippen LogP contribution in [0.5, 0.6) is 0 Å². The second-order valence-corrected chi connectivity index (χ2v) is 6.16. The van der Waals surface area contributed by atoms with Crippen molar-refractivity contribution >= 4 is 5.82 Å². The SMILES string of the molecule is C=C(O)C1=CN(Cc2ccccc2)c2cc(C3CC3)nn2C1O. The molecular formula is C18H19N3O2. The van der Waals surface area contributed by atoms with Crippen LogP contribution in [0.2, 0.25) is 0 Å². The smallest absolute Gasteiger partial charge is 0.180 e. The van der Waals surface area contributed by atoms with Gasteiger partial charge in [0.1, 0.15) is 11.6 Å². The van der Waals surface area contributed by atoms with Crippen LogP contribution in [0, 0.1) is 0 Å². The number of benzene rings is 1. The number of fused-ring (bicyclic) bond motifs is 1. The van der Waals surface area contributed by atoms with Crippen LogP contribution >= 0.6 is 0 Å². The van der Waals surface area contributed by atoms with Crippen molar-refractivity contribution in [1.29, 1.82) is 0 Å². The number of hydrogen-bond acceptors (Lipinski definition) is 4. The molecule has 0 amide bonds. The molecule has 0 bridgehead atoms. The summed E-state index contributed by atoms with van der Waals surface area (Å²) in [4.78, 5) is 2.00. The predicted molar refractivity (Wildman–Crippen MR) is 87.9 cm³/mol. The highest BCUT2D eigenvalue weighted by atomic mass is 16.3. The lowest BCUT2D eigenvalue weighted by molar-refractivity contribution is 0.120. The zero-order valence-electron chi connectivity index (χ0n) is 12.8. The molecule has 5 nitrogen and oxygen atoms in total. The Labute approximate surface area is 134 Å². The number of aliphatic hydroxyl groups is 2. The summed E-state index contributed by atoms with van der Waals surface area (Å²) in [5.41, 5.74) is 2.53. The predicted octanol–water partition coefficient (Wildman–Crippen LogP) is 3.23. The van der Waals surface area contributed by atoms with Crippen molar-refractivity contribution in [3.63, 3.8) is 0 Å². The minimum absolute atomic E-state index is 0.135. The van der Waals surface area contributed by atoms with Gasteiger partial charge in [0.2, 0.25) is 0 Å². The van der Waals surface area contributed by atoms with Gasteiger partial charge < -0.3 is 15.1 Å². The summed E-state index contributed by atoms with van der Waals surface area (Å²) in [6.45, 7) is 4.20. The molecule has 1 atom stereocenters. The lowest BCUT2D eigenvalue weighted by atomic mass is 10.1. The molecule has 23 heavy (non-hydrogen) atoms. The van der Waals surface area contributed by atoms with Crippen LogP contribution in [-0.2, 0) is 6.54 Å². The largest absolute Gasteiger partial charge is 0.508 e. The molecule has 2 N–H and O–H groups in total. The van der Waals surface area contributed by atoms with E-state index in [9.17, 15) is 10.2 Å².